The average Bonchev–Trinajstić information content (AvgIpc) is 2.24. The fourth-order valence-electron chi connectivity index (χ4n) is 1.84. The SMILES string of the molecule is CC(C)(C)OC(=O)N[C@H](CCCl)Cc1cc(F)cc(F)c1. The Hall–Kier alpha value is -1.36. The number of carbonyl (C=O) groups is 1. The van der Waals surface area contributed by atoms with Crippen LogP contribution in [0.15, 0.2) is 18.2 Å². The minimum atomic E-state index is -0.646. The van der Waals surface area contributed by atoms with E-state index in [4.69, 9.17) is 16.3 Å². The lowest BCUT2D eigenvalue weighted by Gasteiger charge is -2.23. The van der Waals surface area contributed by atoms with Crippen LogP contribution in [-0.4, -0.2) is 23.6 Å². The molecule has 0 heterocycles. The first-order valence-corrected chi connectivity index (χ1v) is 7.23. The van der Waals surface area contributed by atoms with Gasteiger partial charge in [0.05, 0.1) is 0 Å². The van der Waals surface area contributed by atoms with Gasteiger partial charge >= 0.3 is 6.09 Å². The summed E-state index contributed by atoms with van der Waals surface area (Å²) in [6, 6.07) is 2.93. The van der Waals surface area contributed by atoms with Crippen molar-refractivity contribution in [3.63, 3.8) is 0 Å². The number of alkyl halides is 1. The van der Waals surface area contributed by atoms with Crippen LogP contribution in [0.5, 0.6) is 0 Å². The number of nitrogens with one attached hydrogen (secondary N) is 1. The van der Waals surface area contributed by atoms with Crippen molar-refractivity contribution in [2.24, 2.45) is 0 Å². The van der Waals surface area contributed by atoms with Gasteiger partial charge in [-0.15, -0.1) is 11.6 Å². The van der Waals surface area contributed by atoms with Crippen LogP contribution in [0.4, 0.5) is 13.6 Å². The second-order valence-corrected chi connectivity index (χ2v) is 6.18. The number of hydrogen-bond donors (Lipinski definition) is 1. The maximum atomic E-state index is 13.2. The van der Waals surface area contributed by atoms with E-state index in [2.05, 4.69) is 5.32 Å². The van der Waals surface area contributed by atoms with Crippen LogP contribution < -0.4 is 5.32 Å². The molecular formula is C15H20ClF2NO2. The summed E-state index contributed by atoms with van der Waals surface area (Å²) in [4.78, 5) is 11.7. The van der Waals surface area contributed by atoms with Gasteiger partial charge in [0.2, 0.25) is 0 Å². The van der Waals surface area contributed by atoms with Crippen molar-refractivity contribution < 1.29 is 18.3 Å². The second kappa shape index (κ2) is 7.59. The standard InChI is InChI=1S/C15H20ClF2NO2/c1-15(2,3)21-14(20)19-13(4-5-16)8-10-6-11(17)9-12(18)7-10/h6-7,9,13H,4-5,8H2,1-3H3,(H,19,20)/t13-/m1/s1. The van der Waals surface area contributed by atoms with E-state index in [-0.39, 0.29) is 12.5 Å². The van der Waals surface area contributed by atoms with E-state index in [9.17, 15) is 13.6 Å². The smallest absolute Gasteiger partial charge is 0.407 e. The molecule has 1 N–H and O–H groups in total. The summed E-state index contributed by atoms with van der Waals surface area (Å²) in [7, 11) is 0. The predicted molar refractivity (Wildman–Crippen MR) is 78.6 cm³/mol. The fraction of sp³-hybridized carbons (Fsp3) is 0.533. The van der Waals surface area contributed by atoms with Gasteiger partial charge in [0, 0.05) is 18.0 Å². The maximum Gasteiger partial charge on any atom is 0.407 e. The van der Waals surface area contributed by atoms with Crippen LogP contribution >= 0.6 is 11.6 Å². The molecule has 0 aromatic heterocycles. The minimum Gasteiger partial charge on any atom is -0.444 e. The molecule has 0 radical (unpaired) electrons. The molecule has 0 bridgehead atoms. The quantitative estimate of drug-likeness (QED) is 0.832. The second-order valence-electron chi connectivity index (χ2n) is 5.80. The predicted octanol–water partition coefficient (Wildman–Crippen LogP) is 4.03. The molecule has 0 aliphatic carbocycles. The number of rotatable bonds is 5. The summed E-state index contributed by atoms with van der Waals surface area (Å²) < 4.78 is 31.5. The van der Waals surface area contributed by atoms with Gasteiger partial charge in [-0.1, -0.05) is 0 Å². The third-order valence-electron chi connectivity index (χ3n) is 2.58. The monoisotopic (exact) mass is 319 g/mol. The van der Waals surface area contributed by atoms with Gasteiger partial charge in [0.25, 0.3) is 0 Å². The van der Waals surface area contributed by atoms with Crippen molar-refractivity contribution in [1.82, 2.24) is 5.32 Å². The lowest BCUT2D eigenvalue weighted by Crippen LogP contribution is -2.40. The van der Waals surface area contributed by atoms with E-state index in [1.165, 1.54) is 12.1 Å². The number of carbonyl (C=O) groups excluding carboxylic acids is 1. The number of halogens is 3. The Morgan fingerprint density at radius 1 is 1.29 bits per heavy atom. The lowest BCUT2D eigenvalue weighted by atomic mass is 10.0. The molecule has 6 heteroatoms. The summed E-state index contributed by atoms with van der Waals surface area (Å²) in [5.41, 5.74) is -0.153. The maximum absolute atomic E-state index is 13.2. The Labute approximate surface area is 128 Å². The molecular weight excluding hydrogens is 300 g/mol. The molecule has 3 nitrogen and oxygen atoms in total. The summed E-state index contributed by atoms with van der Waals surface area (Å²) in [6.45, 7) is 5.27. The third-order valence-corrected chi connectivity index (χ3v) is 2.80. The molecule has 1 amide bonds. The van der Waals surface area contributed by atoms with Crippen molar-refractivity contribution in [3.05, 3.63) is 35.4 Å². The lowest BCUT2D eigenvalue weighted by molar-refractivity contribution is 0.0503. The number of hydrogen-bond acceptors (Lipinski definition) is 2. The molecule has 0 aliphatic heterocycles. The molecule has 1 atom stereocenters. The van der Waals surface area contributed by atoms with Crippen molar-refractivity contribution >= 4 is 17.7 Å². The summed E-state index contributed by atoms with van der Waals surface area (Å²) in [5, 5.41) is 2.67. The third kappa shape index (κ3) is 7.27. The zero-order valence-electron chi connectivity index (χ0n) is 12.4. The number of amides is 1. The Morgan fingerprint density at radius 3 is 2.33 bits per heavy atom. The van der Waals surface area contributed by atoms with Crippen LogP contribution in [0.1, 0.15) is 32.8 Å². The highest BCUT2D eigenvalue weighted by atomic mass is 35.5. The Kier molecular flexibility index (Phi) is 6.40. The van der Waals surface area contributed by atoms with Gasteiger partial charge < -0.3 is 10.1 Å². The van der Waals surface area contributed by atoms with Gasteiger partial charge in [-0.25, -0.2) is 13.6 Å². The molecule has 1 aromatic rings. The molecule has 1 rings (SSSR count). The zero-order chi connectivity index (χ0) is 16.0. The van der Waals surface area contributed by atoms with Gasteiger partial charge in [-0.05, 0) is 51.3 Å². The van der Waals surface area contributed by atoms with Gasteiger partial charge in [0.1, 0.15) is 17.2 Å². The van der Waals surface area contributed by atoms with Crippen LogP contribution in [0.25, 0.3) is 0 Å². The van der Waals surface area contributed by atoms with E-state index in [0.717, 1.165) is 6.07 Å². The van der Waals surface area contributed by atoms with E-state index in [0.29, 0.717) is 17.9 Å². The van der Waals surface area contributed by atoms with Crippen LogP contribution in [0.2, 0.25) is 0 Å². The zero-order valence-corrected chi connectivity index (χ0v) is 13.1. The van der Waals surface area contributed by atoms with E-state index < -0.39 is 23.3 Å². The first-order chi connectivity index (χ1) is 9.69. The molecule has 0 fully saturated rings. The highest BCUT2D eigenvalue weighted by Crippen LogP contribution is 2.13. The summed E-state index contributed by atoms with van der Waals surface area (Å²) in [6.07, 6.45) is 0.175. The fourth-order valence-corrected chi connectivity index (χ4v) is 2.11. The van der Waals surface area contributed by atoms with Crippen LogP contribution in [0.3, 0.4) is 0 Å². The highest BCUT2D eigenvalue weighted by molar-refractivity contribution is 6.17. The van der Waals surface area contributed by atoms with Crippen molar-refractivity contribution in [1.29, 1.82) is 0 Å². The van der Waals surface area contributed by atoms with Gasteiger partial charge in [0.15, 0.2) is 0 Å². The summed E-state index contributed by atoms with van der Waals surface area (Å²) in [5.74, 6) is -0.975. The Balaban J connectivity index is 2.71. The van der Waals surface area contributed by atoms with Gasteiger partial charge in [-0.3, -0.25) is 0 Å². The highest BCUT2D eigenvalue weighted by Gasteiger charge is 2.19. The Morgan fingerprint density at radius 2 is 1.86 bits per heavy atom. The topological polar surface area (TPSA) is 38.3 Å². The molecule has 1 aromatic carbocycles. The molecule has 118 valence electrons. The number of alkyl carbamates (subject to hydrolysis) is 1. The van der Waals surface area contributed by atoms with Crippen LogP contribution in [-0.2, 0) is 11.2 Å². The largest absolute Gasteiger partial charge is 0.444 e. The van der Waals surface area contributed by atoms with Crippen molar-refractivity contribution in [3.8, 4) is 0 Å². The molecule has 0 spiro atoms. The molecule has 0 saturated carbocycles. The Bertz CT molecular complexity index is 469. The van der Waals surface area contributed by atoms with Gasteiger partial charge in [-0.2, -0.15) is 0 Å². The average molecular weight is 320 g/mol. The van der Waals surface area contributed by atoms with E-state index >= 15 is 0 Å². The molecule has 0 saturated heterocycles. The van der Waals surface area contributed by atoms with Crippen molar-refractivity contribution in [2.45, 2.75) is 45.3 Å². The van der Waals surface area contributed by atoms with E-state index in [1.54, 1.807) is 20.8 Å². The van der Waals surface area contributed by atoms with Crippen LogP contribution in [0, 0.1) is 11.6 Å². The normalized spacial score (nSPS) is 12.9. The molecule has 21 heavy (non-hydrogen) atoms. The molecule has 0 aliphatic rings. The first-order valence-electron chi connectivity index (χ1n) is 6.70. The number of benzene rings is 1. The van der Waals surface area contributed by atoms with E-state index in [1.807, 2.05) is 0 Å². The summed E-state index contributed by atoms with van der Waals surface area (Å²) >= 11 is 5.70. The first kappa shape index (κ1) is 17.7. The molecule has 0 unspecified atom stereocenters. The number of ether oxygens (including phenoxy) is 1. The minimum absolute atomic E-state index is 0.278. The van der Waals surface area contributed by atoms with Crippen molar-refractivity contribution in [2.75, 3.05) is 5.88 Å².